The summed E-state index contributed by atoms with van der Waals surface area (Å²) in [6.45, 7) is 1.58. The fraction of sp³-hybridized carbons (Fsp3) is 0.462. The Kier molecular flexibility index (Phi) is 4.29. The lowest BCUT2D eigenvalue weighted by molar-refractivity contribution is 0.0696. The van der Waals surface area contributed by atoms with Crippen molar-refractivity contribution >= 4 is 21.7 Å². The predicted octanol–water partition coefficient (Wildman–Crippen LogP) is 1.28. The zero-order valence-electron chi connectivity index (χ0n) is 11.3. The van der Waals surface area contributed by atoms with Crippen LogP contribution in [-0.4, -0.2) is 39.6 Å². The van der Waals surface area contributed by atoms with Gasteiger partial charge in [0.2, 0.25) is 10.0 Å². The number of nitrogens with one attached hydrogen (secondary N) is 1. The van der Waals surface area contributed by atoms with Crippen LogP contribution in [0.15, 0.2) is 23.1 Å². The lowest BCUT2D eigenvalue weighted by Gasteiger charge is -2.30. The Labute approximate surface area is 118 Å². The minimum Gasteiger partial charge on any atom is -0.478 e. The molecule has 1 saturated heterocycles. The average Bonchev–Trinajstić information content (AvgIpc) is 2.47. The van der Waals surface area contributed by atoms with Crippen LogP contribution in [0.4, 0.5) is 5.69 Å². The van der Waals surface area contributed by atoms with Gasteiger partial charge in [-0.3, -0.25) is 0 Å². The maximum absolute atomic E-state index is 12.1. The average molecular weight is 298 g/mol. The first-order valence-corrected chi connectivity index (χ1v) is 8.00. The third-order valence-electron chi connectivity index (χ3n) is 3.46. The third-order valence-corrected chi connectivity index (χ3v) is 4.91. The van der Waals surface area contributed by atoms with Gasteiger partial charge in [-0.15, -0.1) is 0 Å². The first kappa shape index (κ1) is 14.8. The number of rotatable bonds is 4. The van der Waals surface area contributed by atoms with E-state index in [1.165, 1.54) is 19.2 Å². The summed E-state index contributed by atoms with van der Waals surface area (Å²) in [6, 6.07) is 4.25. The number of carboxylic acid groups (broad SMARTS) is 1. The molecular formula is C13H18N2O4S. The predicted molar refractivity (Wildman–Crippen MR) is 75.7 cm³/mol. The molecule has 0 aromatic heterocycles. The zero-order chi connectivity index (χ0) is 14.8. The molecular weight excluding hydrogens is 280 g/mol. The number of hydrogen-bond donors (Lipinski definition) is 2. The van der Waals surface area contributed by atoms with E-state index in [0.717, 1.165) is 32.4 Å². The normalized spacial score (nSPS) is 16.1. The van der Waals surface area contributed by atoms with Gasteiger partial charge in [-0.25, -0.2) is 17.9 Å². The highest BCUT2D eigenvalue weighted by atomic mass is 32.2. The molecule has 0 aliphatic carbocycles. The molecule has 7 heteroatoms. The second-order valence-electron chi connectivity index (χ2n) is 4.74. The van der Waals surface area contributed by atoms with E-state index in [1.807, 2.05) is 4.90 Å². The van der Waals surface area contributed by atoms with E-state index in [0.29, 0.717) is 5.69 Å². The van der Waals surface area contributed by atoms with Crippen LogP contribution in [0.25, 0.3) is 0 Å². The summed E-state index contributed by atoms with van der Waals surface area (Å²) in [4.78, 5) is 13.1. The van der Waals surface area contributed by atoms with Crippen molar-refractivity contribution in [3.05, 3.63) is 23.8 Å². The molecule has 0 radical (unpaired) electrons. The van der Waals surface area contributed by atoms with E-state index in [1.54, 1.807) is 6.07 Å². The molecule has 0 atom stereocenters. The van der Waals surface area contributed by atoms with Crippen LogP contribution in [0.5, 0.6) is 0 Å². The topological polar surface area (TPSA) is 86.7 Å². The summed E-state index contributed by atoms with van der Waals surface area (Å²) in [7, 11) is -2.37. The molecule has 6 nitrogen and oxygen atoms in total. The highest BCUT2D eigenvalue weighted by Gasteiger charge is 2.23. The number of carbonyl (C=O) groups is 1. The Hall–Kier alpha value is -1.60. The summed E-state index contributed by atoms with van der Waals surface area (Å²) in [6.07, 6.45) is 3.16. The van der Waals surface area contributed by atoms with Crippen LogP contribution in [0.1, 0.15) is 29.6 Å². The Morgan fingerprint density at radius 1 is 1.25 bits per heavy atom. The molecule has 1 aromatic rings. The molecule has 0 unspecified atom stereocenters. The fourth-order valence-electron chi connectivity index (χ4n) is 2.37. The Morgan fingerprint density at radius 2 is 1.90 bits per heavy atom. The number of carboxylic acids is 1. The Morgan fingerprint density at radius 3 is 2.45 bits per heavy atom. The molecule has 1 heterocycles. The SMILES string of the molecule is CNS(=O)(=O)c1cc(C(=O)O)ccc1N1CCCCC1. The maximum atomic E-state index is 12.1. The van der Waals surface area contributed by atoms with Crippen molar-refractivity contribution in [1.29, 1.82) is 0 Å². The van der Waals surface area contributed by atoms with Crippen molar-refractivity contribution < 1.29 is 18.3 Å². The summed E-state index contributed by atoms with van der Waals surface area (Å²) in [5.41, 5.74) is 0.545. The van der Waals surface area contributed by atoms with Gasteiger partial charge in [0.05, 0.1) is 11.3 Å². The van der Waals surface area contributed by atoms with E-state index in [4.69, 9.17) is 5.11 Å². The number of nitrogens with zero attached hydrogens (tertiary/aromatic N) is 1. The van der Waals surface area contributed by atoms with E-state index >= 15 is 0 Å². The molecule has 110 valence electrons. The van der Waals surface area contributed by atoms with Gasteiger partial charge in [0.15, 0.2) is 0 Å². The summed E-state index contributed by atoms with van der Waals surface area (Å²) in [5.74, 6) is -1.14. The number of sulfonamides is 1. The fourth-order valence-corrected chi connectivity index (χ4v) is 3.34. The maximum Gasteiger partial charge on any atom is 0.335 e. The summed E-state index contributed by atoms with van der Waals surface area (Å²) < 4.78 is 26.5. The van der Waals surface area contributed by atoms with Crippen LogP contribution in [0.2, 0.25) is 0 Å². The van der Waals surface area contributed by atoms with Crippen molar-refractivity contribution in [2.75, 3.05) is 25.0 Å². The second kappa shape index (κ2) is 5.80. The molecule has 1 aromatic carbocycles. The lowest BCUT2D eigenvalue weighted by atomic mass is 10.1. The Balaban J connectivity index is 2.52. The molecule has 0 amide bonds. The van der Waals surface area contributed by atoms with Gasteiger partial charge >= 0.3 is 5.97 Å². The quantitative estimate of drug-likeness (QED) is 0.874. The van der Waals surface area contributed by atoms with Crippen molar-refractivity contribution in [3.8, 4) is 0 Å². The third kappa shape index (κ3) is 2.94. The first-order chi connectivity index (χ1) is 9.45. The summed E-state index contributed by atoms with van der Waals surface area (Å²) in [5, 5.41) is 9.02. The number of hydrogen-bond acceptors (Lipinski definition) is 4. The van der Waals surface area contributed by atoms with E-state index < -0.39 is 16.0 Å². The summed E-state index contributed by atoms with van der Waals surface area (Å²) >= 11 is 0. The van der Waals surface area contributed by atoms with Crippen molar-refractivity contribution in [2.45, 2.75) is 24.2 Å². The van der Waals surface area contributed by atoms with Gasteiger partial charge in [0.25, 0.3) is 0 Å². The highest BCUT2D eigenvalue weighted by molar-refractivity contribution is 7.89. The van der Waals surface area contributed by atoms with Crippen molar-refractivity contribution in [3.63, 3.8) is 0 Å². The minimum atomic E-state index is -3.69. The van der Waals surface area contributed by atoms with Gasteiger partial charge in [-0.2, -0.15) is 0 Å². The highest BCUT2D eigenvalue weighted by Crippen LogP contribution is 2.28. The van der Waals surface area contributed by atoms with Gasteiger partial charge in [0.1, 0.15) is 4.90 Å². The van der Waals surface area contributed by atoms with Crippen LogP contribution in [-0.2, 0) is 10.0 Å². The number of aromatic carboxylic acids is 1. The van der Waals surface area contributed by atoms with E-state index in [-0.39, 0.29) is 10.5 Å². The van der Waals surface area contributed by atoms with Gasteiger partial charge in [-0.05, 0) is 44.5 Å². The Bertz CT molecular complexity index is 607. The first-order valence-electron chi connectivity index (χ1n) is 6.51. The largest absolute Gasteiger partial charge is 0.478 e. The molecule has 20 heavy (non-hydrogen) atoms. The van der Waals surface area contributed by atoms with Crippen molar-refractivity contribution in [2.24, 2.45) is 0 Å². The van der Waals surface area contributed by atoms with Gasteiger partial charge in [-0.1, -0.05) is 0 Å². The molecule has 0 spiro atoms. The molecule has 0 bridgehead atoms. The molecule has 1 fully saturated rings. The van der Waals surface area contributed by atoms with Crippen LogP contribution in [0, 0.1) is 0 Å². The van der Waals surface area contributed by atoms with Crippen LogP contribution >= 0.6 is 0 Å². The lowest BCUT2D eigenvalue weighted by Crippen LogP contribution is -2.32. The number of benzene rings is 1. The number of anilines is 1. The van der Waals surface area contributed by atoms with Gasteiger partial charge in [0, 0.05) is 13.1 Å². The smallest absolute Gasteiger partial charge is 0.335 e. The van der Waals surface area contributed by atoms with E-state index in [2.05, 4.69) is 4.72 Å². The molecule has 0 saturated carbocycles. The second-order valence-corrected chi connectivity index (χ2v) is 6.60. The molecule has 1 aliphatic heterocycles. The van der Waals surface area contributed by atoms with Crippen LogP contribution < -0.4 is 9.62 Å². The van der Waals surface area contributed by atoms with Crippen LogP contribution in [0.3, 0.4) is 0 Å². The molecule has 2 N–H and O–H groups in total. The number of piperidine rings is 1. The molecule has 1 aliphatic rings. The minimum absolute atomic E-state index is 0.0282. The standard InChI is InChI=1S/C13H18N2O4S/c1-14-20(18,19)12-9-10(13(16)17)5-6-11(12)15-7-3-2-4-8-15/h5-6,9,14H,2-4,7-8H2,1H3,(H,16,17). The zero-order valence-corrected chi connectivity index (χ0v) is 12.1. The molecule has 2 rings (SSSR count). The van der Waals surface area contributed by atoms with Crippen molar-refractivity contribution in [1.82, 2.24) is 4.72 Å². The monoisotopic (exact) mass is 298 g/mol. The van der Waals surface area contributed by atoms with E-state index in [9.17, 15) is 13.2 Å². The van der Waals surface area contributed by atoms with Gasteiger partial charge < -0.3 is 10.0 Å².